The second-order valence-corrected chi connectivity index (χ2v) is 8.03. The third-order valence-corrected chi connectivity index (χ3v) is 6.57. The topological polar surface area (TPSA) is 61.9 Å². The fourth-order valence-electron chi connectivity index (χ4n) is 3.17. The van der Waals surface area contributed by atoms with Gasteiger partial charge in [-0.25, -0.2) is 0 Å². The van der Waals surface area contributed by atoms with Crippen molar-refractivity contribution in [3.05, 3.63) is 0 Å². The van der Waals surface area contributed by atoms with Crippen molar-refractivity contribution >= 4 is 10.2 Å². The quantitative estimate of drug-likeness (QED) is 0.781. The average molecular weight is 319 g/mol. The summed E-state index contributed by atoms with van der Waals surface area (Å²) in [5, 5.41) is 3.33. The van der Waals surface area contributed by atoms with E-state index in [0.717, 1.165) is 38.8 Å². The van der Waals surface area contributed by atoms with Crippen molar-refractivity contribution < 1.29 is 13.2 Å². The molecule has 1 atom stereocenters. The molecule has 7 heteroatoms. The second-order valence-electron chi connectivity index (χ2n) is 6.04. The minimum Gasteiger partial charge on any atom is -0.381 e. The van der Waals surface area contributed by atoms with Gasteiger partial charge in [-0.1, -0.05) is 6.92 Å². The van der Waals surface area contributed by atoms with Gasteiger partial charge in [0.25, 0.3) is 10.2 Å². The Balaban J connectivity index is 1.97. The van der Waals surface area contributed by atoms with Gasteiger partial charge in [-0.2, -0.15) is 17.0 Å². The number of ether oxygens (including phenoxy) is 1. The first-order chi connectivity index (χ1) is 10.1. The number of hydrogen-bond acceptors (Lipinski definition) is 4. The summed E-state index contributed by atoms with van der Waals surface area (Å²) in [5.74, 6) is 0.427. The summed E-state index contributed by atoms with van der Waals surface area (Å²) in [6.07, 6.45) is 3.66. The third-order valence-electron chi connectivity index (χ3n) is 4.56. The van der Waals surface area contributed by atoms with Gasteiger partial charge in [0.05, 0.1) is 0 Å². The van der Waals surface area contributed by atoms with Gasteiger partial charge < -0.3 is 10.1 Å². The molecule has 2 fully saturated rings. The summed E-state index contributed by atoms with van der Waals surface area (Å²) in [7, 11) is -1.61. The predicted molar refractivity (Wildman–Crippen MR) is 83.4 cm³/mol. The fraction of sp³-hybridized carbons (Fsp3) is 1.00. The molecule has 2 aliphatic heterocycles. The van der Waals surface area contributed by atoms with E-state index in [0.29, 0.717) is 32.2 Å². The number of nitrogens with zero attached hydrogens (tertiary/aromatic N) is 2. The van der Waals surface area contributed by atoms with Crippen molar-refractivity contribution in [3.8, 4) is 0 Å². The van der Waals surface area contributed by atoms with Crippen molar-refractivity contribution in [2.75, 3.05) is 46.4 Å². The molecule has 0 spiro atoms. The molecular formula is C14H29N3O3S. The molecule has 0 aromatic rings. The zero-order valence-electron chi connectivity index (χ0n) is 13.3. The van der Waals surface area contributed by atoms with E-state index in [2.05, 4.69) is 12.2 Å². The van der Waals surface area contributed by atoms with Gasteiger partial charge >= 0.3 is 0 Å². The maximum Gasteiger partial charge on any atom is 0.281 e. The highest BCUT2D eigenvalue weighted by Gasteiger charge is 2.35. The van der Waals surface area contributed by atoms with Crippen LogP contribution in [0.2, 0.25) is 0 Å². The van der Waals surface area contributed by atoms with Crippen LogP contribution >= 0.6 is 0 Å². The second kappa shape index (κ2) is 7.87. The largest absolute Gasteiger partial charge is 0.381 e. The summed E-state index contributed by atoms with van der Waals surface area (Å²) < 4.78 is 34.2. The van der Waals surface area contributed by atoms with E-state index in [1.54, 1.807) is 15.7 Å². The van der Waals surface area contributed by atoms with Gasteiger partial charge in [0.15, 0.2) is 0 Å². The smallest absolute Gasteiger partial charge is 0.281 e. The van der Waals surface area contributed by atoms with Crippen LogP contribution in [0.5, 0.6) is 0 Å². The summed E-state index contributed by atoms with van der Waals surface area (Å²) >= 11 is 0. The lowest BCUT2D eigenvalue weighted by Gasteiger charge is -2.38. The molecule has 0 aromatic heterocycles. The zero-order valence-corrected chi connectivity index (χ0v) is 14.1. The highest BCUT2D eigenvalue weighted by Crippen LogP contribution is 2.23. The Morgan fingerprint density at radius 3 is 2.67 bits per heavy atom. The highest BCUT2D eigenvalue weighted by atomic mass is 32.2. The lowest BCUT2D eigenvalue weighted by molar-refractivity contribution is 0.0613. The van der Waals surface area contributed by atoms with Crippen LogP contribution in [0, 0.1) is 5.92 Å². The molecule has 2 saturated heterocycles. The standard InChI is InChI=1S/C14H29N3O3S/c1-3-15-11-13-5-4-8-17(12-13)21(18,19)16(2)14-6-9-20-10-7-14/h13-15H,3-12H2,1-2H3. The van der Waals surface area contributed by atoms with E-state index in [4.69, 9.17) is 4.74 Å². The van der Waals surface area contributed by atoms with Crippen molar-refractivity contribution in [3.63, 3.8) is 0 Å². The summed E-state index contributed by atoms with van der Waals surface area (Å²) in [6, 6.07) is 0.0814. The Labute approximate surface area is 129 Å². The molecule has 0 bridgehead atoms. The first-order valence-electron chi connectivity index (χ1n) is 8.07. The van der Waals surface area contributed by atoms with Crippen LogP contribution < -0.4 is 5.32 Å². The van der Waals surface area contributed by atoms with Crippen LogP contribution in [0.15, 0.2) is 0 Å². The zero-order chi connectivity index (χ0) is 15.3. The van der Waals surface area contributed by atoms with Crippen LogP contribution in [0.3, 0.4) is 0 Å². The molecular weight excluding hydrogens is 290 g/mol. The van der Waals surface area contributed by atoms with Crippen molar-refractivity contribution in [1.29, 1.82) is 0 Å². The Morgan fingerprint density at radius 1 is 1.29 bits per heavy atom. The molecule has 2 aliphatic rings. The van der Waals surface area contributed by atoms with Crippen molar-refractivity contribution in [1.82, 2.24) is 13.9 Å². The molecule has 0 aliphatic carbocycles. The van der Waals surface area contributed by atoms with Crippen LogP contribution in [0.1, 0.15) is 32.6 Å². The minimum atomic E-state index is -3.34. The number of nitrogens with one attached hydrogen (secondary N) is 1. The van der Waals surface area contributed by atoms with Crippen LogP contribution in [-0.2, 0) is 14.9 Å². The third kappa shape index (κ3) is 4.39. The van der Waals surface area contributed by atoms with E-state index < -0.39 is 10.2 Å². The molecule has 0 aromatic carbocycles. The van der Waals surface area contributed by atoms with Crippen molar-refractivity contribution in [2.45, 2.75) is 38.6 Å². The lowest BCUT2D eigenvalue weighted by atomic mass is 10.00. The highest BCUT2D eigenvalue weighted by molar-refractivity contribution is 7.86. The fourth-order valence-corrected chi connectivity index (χ4v) is 4.88. The SMILES string of the molecule is CCNCC1CCCN(S(=O)(=O)N(C)C2CCOCC2)C1. The minimum absolute atomic E-state index is 0.0814. The molecule has 2 heterocycles. The monoisotopic (exact) mass is 319 g/mol. The van der Waals surface area contributed by atoms with Crippen LogP contribution in [0.25, 0.3) is 0 Å². The molecule has 1 unspecified atom stereocenters. The van der Waals surface area contributed by atoms with E-state index >= 15 is 0 Å². The van der Waals surface area contributed by atoms with Gasteiger partial charge in [0, 0.05) is 39.4 Å². The van der Waals surface area contributed by atoms with Gasteiger partial charge in [0.1, 0.15) is 0 Å². The molecule has 124 valence electrons. The molecule has 0 amide bonds. The molecule has 0 radical (unpaired) electrons. The summed E-state index contributed by atoms with van der Waals surface area (Å²) in [4.78, 5) is 0. The molecule has 2 rings (SSSR count). The Hall–Kier alpha value is -0.210. The van der Waals surface area contributed by atoms with Crippen molar-refractivity contribution in [2.24, 2.45) is 5.92 Å². The Morgan fingerprint density at radius 2 is 2.00 bits per heavy atom. The number of rotatable bonds is 6. The lowest BCUT2D eigenvalue weighted by Crippen LogP contribution is -2.51. The van der Waals surface area contributed by atoms with Gasteiger partial charge in [0.2, 0.25) is 0 Å². The van der Waals surface area contributed by atoms with Gasteiger partial charge in [-0.05, 0) is 44.7 Å². The normalized spacial score (nSPS) is 26.3. The average Bonchev–Trinajstić information content (AvgIpc) is 2.53. The number of hydrogen-bond donors (Lipinski definition) is 1. The molecule has 0 saturated carbocycles. The van der Waals surface area contributed by atoms with E-state index in [1.807, 2.05) is 0 Å². The maximum absolute atomic E-state index is 12.8. The first-order valence-corrected chi connectivity index (χ1v) is 9.47. The summed E-state index contributed by atoms with van der Waals surface area (Å²) in [6.45, 7) is 6.54. The maximum atomic E-state index is 12.8. The van der Waals surface area contributed by atoms with Crippen LogP contribution in [0.4, 0.5) is 0 Å². The number of piperidine rings is 1. The Kier molecular flexibility index (Phi) is 6.43. The Bertz CT molecular complexity index is 410. The van der Waals surface area contributed by atoms with Gasteiger partial charge in [-0.15, -0.1) is 0 Å². The predicted octanol–water partition coefficient (Wildman–Crippen LogP) is 0.664. The molecule has 1 N–H and O–H groups in total. The van der Waals surface area contributed by atoms with E-state index in [-0.39, 0.29) is 6.04 Å². The van der Waals surface area contributed by atoms with Gasteiger partial charge in [-0.3, -0.25) is 0 Å². The van der Waals surface area contributed by atoms with E-state index in [1.165, 1.54) is 0 Å². The molecule has 21 heavy (non-hydrogen) atoms. The first kappa shape index (κ1) is 17.1. The van der Waals surface area contributed by atoms with Crippen LogP contribution in [-0.4, -0.2) is 69.5 Å². The molecule has 6 nitrogen and oxygen atoms in total. The van der Waals surface area contributed by atoms with E-state index in [9.17, 15) is 8.42 Å². The summed E-state index contributed by atoms with van der Waals surface area (Å²) in [5.41, 5.74) is 0.